The van der Waals surface area contributed by atoms with Gasteiger partial charge in [-0.3, -0.25) is 9.59 Å². The van der Waals surface area contributed by atoms with Crippen molar-refractivity contribution < 1.29 is 29.0 Å². The number of ether oxygens (including phenoxy) is 2. The molecule has 0 saturated carbocycles. The first-order valence-electron chi connectivity index (χ1n) is 15.9. The highest BCUT2D eigenvalue weighted by molar-refractivity contribution is 6.05. The number of urea groups is 1. The zero-order chi connectivity index (χ0) is 33.1. The van der Waals surface area contributed by atoms with Gasteiger partial charge in [-0.05, 0) is 75.6 Å². The Hall–Kier alpha value is -4.41. The molecule has 0 aromatic heterocycles. The molecule has 1 aliphatic rings. The van der Waals surface area contributed by atoms with Gasteiger partial charge in [0.05, 0.1) is 30.4 Å². The quantitative estimate of drug-likeness (QED) is 0.299. The van der Waals surface area contributed by atoms with Crippen molar-refractivity contribution in [2.75, 3.05) is 44.0 Å². The zero-order valence-corrected chi connectivity index (χ0v) is 27.1. The summed E-state index contributed by atoms with van der Waals surface area (Å²) in [6.07, 6.45) is 1.86. The molecule has 0 saturated heterocycles. The van der Waals surface area contributed by atoms with Crippen LogP contribution in [-0.2, 0) is 4.74 Å². The van der Waals surface area contributed by atoms with Gasteiger partial charge in [0.2, 0.25) is 0 Å². The fourth-order valence-electron chi connectivity index (χ4n) is 5.35. The molecule has 0 radical (unpaired) electrons. The first-order chi connectivity index (χ1) is 22.2. The monoisotopic (exact) mass is 630 g/mol. The molecule has 0 fully saturated rings. The van der Waals surface area contributed by atoms with Crippen LogP contribution in [0.4, 0.5) is 16.2 Å². The highest BCUT2D eigenvalue weighted by Crippen LogP contribution is 2.29. The minimum absolute atomic E-state index is 0.175. The summed E-state index contributed by atoms with van der Waals surface area (Å²) in [6, 6.07) is 22.4. The number of anilines is 2. The summed E-state index contributed by atoms with van der Waals surface area (Å²) >= 11 is 0. The van der Waals surface area contributed by atoms with E-state index in [-0.39, 0.29) is 49.1 Å². The second kappa shape index (κ2) is 16.8. The third-order valence-electron chi connectivity index (χ3n) is 8.17. The van der Waals surface area contributed by atoms with Crippen molar-refractivity contribution in [3.05, 3.63) is 90.0 Å². The van der Waals surface area contributed by atoms with Crippen LogP contribution >= 0.6 is 0 Å². The summed E-state index contributed by atoms with van der Waals surface area (Å²) in [7, 11) is 1.72. The third-order valence-corrected chi connectivity index (χ3v) is 8.17. The van der Waals surface area contributed by atoms with E-state index in [4.69, 9.17) is 9.47 Å². The van der Waals surface area contributed by atoms with Crippen molar-refractivity contribution in [1.29, 1.82) is 0 Å². The van der Waals surface area contributed by atoms with E-state index in [2.05, 4.69) is 10.6 Å². The largest absolute Gasteiger partial charge is 0.490 e. The lowest BCUT2D eigenvalue weighted by atomic mass is 10.0. The van der Waals surface area contributed by atoms with E-state index >= 15 is 0 Å². The van der Waals surface area contributed by atoms with Crippen LogP contribution in [0, 0.1) is 5.92 Å². The van der Waals surface area contributed by atoms with E-state index in [9.17, 15) is 19.5 Å². The highest BCUT2D eigenvalue weighted by atomic mass is 16.5. The SMILES string of the molecule is C[C@H]1CCCCO[C@@H](CN(C)C(=O)Nc2ccccc2)[C@@H](C)CN([C@@H](C)CO)C(=O)c2cc(NC(=O)c3ccccc3)ccc2O1. The van der Waals surface area contributed by atoms with Crippen LogP contribution in [0.15, 0.2) is 78.9 Å². The highest BCUT2D eigenvalue weighted by Gasteiger charge is 2.31. The molecule has 3 aromatic rings. The molecule has 3 N–H and O–H groups in total. The zero-order valence-electron chi connectivity index (χ0n) is 27.1. The van der Waals surface area contributed by atoms with Crippen LogP contribution in [-0.4, -0.2) is 84.4 Å². The molecule has 0 spiro atoms. The summed E-state index contributed by atoms with van der Waals surface area (Å²) in [6.45, 7) is 6.55. The Bertz CT molecular complexity index is 1440. The first-order valence-corrected chi connectivity index (χ1v) is 15.9. The van der Waals surface area contributed by atoms with Crippen LogP contribution in [0.25, 0.3) is 0 Å². The lowest BCUT2D eigenvalue weighted by Crippen LogP contribution is -2.48. The fraction of sp³-hybridized carbons (Fsp3) is 0.417. The number of nitrogens with zero attached hydrogens (tertiary/aromatic N) is 2. The summed E-state index contributed by atoms with van der Waals surface area (Å²) < 4.78 is 12.6. The Morgan fingerprint density at radius 3 is 2.37 bits per heavy atom. The molecule has 3 aromatic carbocycles. The summed E-state index contributed by atoms with van der Waals surface area (Å²) in [5.74, 6) is -0.410. The molecule has 4 rings (SSSR count). The van der Waals surface area contributed by atoms with Crippen LogP contribution < -0.4 is 15.4 Å². The molecule has 46 heavy (non-hydrogen) atoms. The van der Waals surface area contributed by atoms with Crippen molar-refractivity contribution >= 4 is 29.2 Å². The third kappa shape index (κ3) is 9.55. The number of carbonyl (C=O) groups is 3. The van der Waals surface area contributed by atoms with Crippen LogP contribution in [0.1, 0.15) is 60.7 Å². The van der Waals surface area contributed by atoms with Crippen LogP contribution in [0.5, 0.6) is 5.75 Å². The van der Waals surface area contributed by atoms with Crippen molar-refractivity contribution in [2.45, 2.75) is 58.3 Å². The maximum Gasteiger partial charge on any atom is 0.321 e. The minimum atomic E-state index is -0.518. The second-order valence-electron chi connectivity index (χ2n) is 12.0. The Balaban J connectivity index is 1.60. The molecule has 0 unspecified atom stereocenters. The van der Waals surface area contributed by atoms with Crippen molar-refractivity contribution in [3.63, 3.8) is 0 Å². The predicted molar refractivity (Wildman–Crippen MR) is 179 cm³/mol. The molecular weight excluding hydrogens is 584 g/mol. The van der Waals surface area contributed by atoms with Gasteiger partial charge >= 0.3 is 6.03 Å². The minimum Gasteiger partial charge on any atom is -0.490 e. The fourth-order valence-corrected chi connectivity index (χ4v) is 5.35. The average molecular weight is 631 g/mol. The summed E-state index contributed by atoms with van der Waals surface area (Å²) in [5, 5.41) is 16.0. The lowest BCUT2D eigenvalue weighted by molar-refractivity contribution is -0.0115. The lowest BCUT2D eigenvalue weighted by Gasteiger charge is -2.35. The Morgan fingerprint density at radius 2 is 1.67 bits per heavy atom. The topological polar surface area (TPSA) is 120 Å². The molecular formula is C36H46N4O6. The maximum absolute atomic E-state index is 14.3. The van der Waals surface area contributed by atoms with E-state index in [1.54, 1.807) is 66.2 Å². The molecule has 1 heterocycles. The molecule has 0 aliphatic carbocycles. The number of fused-ring (bicyclic) bond motifs is 1. The van der Waals surface area contributed by atoms with Gasteiger partial charge in [0.1, 0.15) is 5.75 Å². The molecule has 1 aliphatic heterocycles. The Kier molecular flexibility index (Phi) is 12.6. The van der Waals surface area contributed by atoms with Gasteiger partial charge in [-0.25, -0.2) is 4.79 Å². The van der Waals surface area contributed by atoms with Crippen LogP contribution in [0.2, 0.25) is 0 Å². The number of likely N-dealkylation sites (N-methyl/N-ethyl adjacent to an activating group) is 1. The van der Waals surface area contributed by atoms with Crippen LogP contribution in [0.3, 0.4) is 0 Å². The Labute approximate surface area is 271 Å². The number of aliphatic hydroxyl groups excluding tert-OH is 1. The van der Waals surface area contributed by atoms with Gasteiger partial charge in [0.15, 0.2) is 0 Å². The van der Waals surface area contributed by atoms with Gasteiger partial charge in [-0.2, -0.15) is 0 Å². The van der Waals surface area contributed by atoms with Gasteiger partial charge < -0.3 is 35.0 Å². The van der Waals surface area contributed by atoms with Gasteiger partial charge in [0.25, 0.3) is 11.8 Å². The normalized spacial score (nSPS) is 20.0. The van der Waals surface area contributed by atoms with Crippen molar-refractivity contribution in [2.24, 2.45) is 5.92 Å². The summed E-state index contributed by atoms with van der Waals surface area (Å²) in [5.41, 5.74) is 1.94. The Morgan fingerprint density at radius 1 is 0.978 bits per heavy atom. The predicted octanol–water partition coefficient (Wildman–Crippen LogP) is 5.90. The molecule has 10 nitrogen and oxygen atoms in total. The van der Waals surface area contributed by atoms with E-state index in [0.29, 0.717) is 41.4 Å². The molecule has 0 bridgehead atoms. The van der Waals surface area contributed by atoms with E-state index in [0.717, 1.165) is 19.3 Å². The number of benzene rings is 3. The standard InChI is InChI=1S/C36H46N4O6/c1-25-22-40(26(2)24-41)35(43)31-21-30(37-34(42)28-14-7-5-8-15-28)18-19-32(31)46-27(3)13-11-12-20-45-33(25)23-39(4)36(44)38-29-16-9-6-10-17-29/h5-10,14-19,21,25-27,33,41H,11-13,20,22-24H2,1-4H3,(H,37,42)(H,38,44)/t25-,26-,27-,33-/m0/s1. The number of para-hydroxylation sites is 1. The number of nitrogens with one attached hydrogen (secondary N) is 2. The molecule has 4 atom stereocenters. The number of amides is 4. The van der Waals surface area contributed by atoms with E-state index < -0.39 is 6.04 Å². The van der Waals surface area contributed by atoms with Gasteiger partial charge in [-0.1, -0.05) is 43.3 Å². The van der Waals surface area contributed by atoms with E-state index in [1.807, 2.05) is 50.2 Å². The molecule has 4 amide bonds. The number of rotatable bonds is 7. The first kappa shape index (κ1) is 34.5. The van der Waals surface area contributed by atoms with Gasteiger partial charge in [0, 0.05) is 49.6 Å². The van der Waals surface area contributed by atoms with Gasteiger partial charge in [-0.15, -0.1) is 0 Å². The smallest absolute Gasteiger partial charge is 0.321 e. The van der Waals surface area contributed by atoms with E-state index in [1.165, 1.54) is 0 Å². The number of carbonyl (C=O) groups excluding carboxylic acids is 3. The number of hydrogen-bond donors (Lipinski definition) is 3. The molecule has 10 heteroatoms. The number of hydrogen-bond acceptors (Lipinski definition) is 6. The summed E-state index contributed by atoms with van der Waals surface area (Å²) in [4.78, 5) is 43.4. The van der Waals surface area contributed by atoms with Crippen molar-refractivity contribution in [1.82, 2.24) is 9.80 Å². The maximum atomic E-state index is 14.3. The van der Waals surface area contributed by atoms with Crippen molar-refractivity contribution in [3.8, 4) is 5.75 Å². The number of aliphatic hydroxyl groups is 1. The second-order valence-corrected chi connectivity index (χ2v) is 12.0. The molecule has 246 valence electrons. The average Bonchev–Trinajstić information content (AvgIpc) is 3.06.